The molecule has 0 bridgehead atoms. The number of piperazine rings is 1. The van der Waals surface area contributed by atoms with Gasteiger partial charge in [0.15, 0.2) is 11.5 Å². The van der Waals surface area contributed by atoms with Crippen LogP contribution in [0.25, 0.3) is 0 Å². The normalized spacial score (nSPS) is 17.3. The van der Waals surface area contributed by atoms with Gasteiger partial charge in [-0.3, -0.25) is 19.3 Å². The number of nitrogens with one attached hydrogen (secondary N) is 1. The molecule has 1 aromatic carbocycles. The summed E-state index contributed by atoms with van der Waals surface area (Å²) in [5.41, 5.74) is 0.150. The molecule has 1 aliphatic heterocycles. The van der Waals surface area contributed by atoms with E-state index in [0.717, 1.165) is 38.9 Å². The number of ketones is 1. The van der Waals surface area contributed by atoms with E-state index in [1.807, 2.05) is 0 Å². The van der Waals surface area contributed by atoms with Crippen LogP contribution in [0.1, 0.15) is 47.1 Å². The lowest BCUT2D eigenvalue weighted by Gasteiger charge is -2.36. The fourth-order valence-corrected chi connectivity index (χ4v) is 4.03. The molecule has 2 fully saturated rings. The molecule has 2 heterocycles. The molecule has 34 heavy (non-hydrogen) atoms. The highest BCUT2D eigenvalue weighted by atomic mass is 19.1. The van der Waals surface area contributed by atoms with Gasteiger partial charge in [-0.25, -0.2) is 4.39 Å². The van der Waals surface area contributed by atoms with Gasteiger partial charge in [-0.05, 0) is 50.5 Å². The van der Waals surface area contributed by atoms with Gasteiger partial charge in [0, 0.05) is 44.7 Å². The Hall–Kier alpha value is -3.20. The molecule has 1 N–H and O–H groups in total. The highest BCUT2D eigenvalue weighted by molar-refractivity contribution is 5.99. The molecule has 182 valence electrons. The Morgan fingerprint density at radius 1 is 1.18 bits per heavy atom. The fraction of sp³-hybridized carbons (Fsp3) is 0.480. The molecule has 1 saturated carbocycles. The van der Waals surface area contributed by atoms with Gasteiger partial charge in [-0.15, -0.1) is 0 Å². The van der Waals surface area contributed by atoms with Gasteiger partial charge in [0.05, 0.1) is 18.4 Å². The van der Waals surface area contributed by atoms with Crippen molar-refractivity contribution in [1.82, 2.24) is 15.1 Å². The summed E-state index contributed by atoms with van der Waals surface area (Å²) in [5.74, 6) is -0.577. The minimum atomic E-state index is -0.635. The Kier molecular flexibility index (Phi) is 7.62. The molecule has 0 unspecified atom stereocenters. The predicted octanol–water partition coefficient (Wildman–Crippen LogP) is 2.74. The Morgan fingerprint density at radius 3 is 2.59 bits per heavy atom. The standard InChI is InChI=1S/C25H30FN3O5/c1-17(27-24(31)22-4-2-14-34-22)25(32)29-12-10-28(11-13-29)9-3-15-33-19-7-8-20(21(26)16-19)23(30)18-5-6-18/h2,4,7-8,14,16-18H,3,5-6,9-13,15H2,1H3,(H,27,31)/t17-/m1/s1. The van der Waals surface area contributed by atoms with E-state index in [1.165, 1.54) is 18.4 Å². The highest BCUT2D eigenvalue weighted by Gasteiger charge is 2.32. The van der Waals surface area contributed by atoms with Crippen molar-refractivity contribution in [2.75, 3.05) is 39.3 Å². The monoisotopic (exact) mass is 471 g/mol. The second kappa shape index (κ2) is 10.8. The number of amides is 2. The molecule has 2 aliphatic rings. The first kappa shape index (κ1) is 23.9. The van der Waals surface area contributed by atoms with E-state index in [4.69, 9.17) is 9.15 Å². The first-order valence-electron chi connectivity index (χ1n) is 11.7. The summed E-state index contributed by atoms with van der Waals surface area (Å²) in [6.45, 7) is 5.54. The van der Waals surface area contributed by atoms with Crippen molar-refractivity contribution in [3.8, 4) is 5.75 Å². The molecular formula is C25H30FN3O5. The number of benzene rings is 1. The van der Waals surface area contributed by atoms with Gasteiger partial charge in [0.1, 0.15) is 17.6 Å². The molecule has 1 aliphatic carbocycles. The number of Topliss-reactive ketones (excluding diaryl/α,β-unsaturated/α-hetero) is 1. The van der Waals surface area contributed by atoms with Gasteiger partial charge in [-0.2, -0.15) is 0 Å². The largest absolute Gasteiger partial charge is 0.493 e. The number of hydrogen-bond donors (Lipinski definition) is 1. The third-order valence-electron chi connectivity index (χ3n) is 6.19. The summed E-state index contributed by atoms with van der Waals surface area (Å²) < 4.78 is 24.9. The second-order valence-electron chi connectivity index (χ2n) is 8.82. The molecule has 9 heteroatoms. The number of carbonyl (C=O) groups excluding carboxylic acids is 3. The number of nitrogens with zero attached hydrogens (tertiary/aromatic N) is 2. The number of hydrogen-bond acceptors (Lipinski definition) is 6. The van der Waals surface area contributed by atoms with Crippen LogP contribution in [-0.4, -0.2) is 72.8 Å². The fourth-order valence-electron chi connectivity index (χ4n) is 4.03. The summed E-state index contributed by atoms with van der Waals surface area (Å²) in [6.07, 6.45) is 3.87. The van der Waals surface area contributed by atoms with Gasteiger partial charge in [0.25, 0.3) is 5.91 Å². The predicted molar refractivity (Wildman–Crippen MR) is 122 cm³/mol. The summed E-state index contributed by atoms with van der Waals surface area (Å²) in [7, 11) is 0. The van der Waals surface area contributed by atoms with Crippen molar-refractivity contribution in [1.29, 1.82) is 0 Å². The lowest BCUT2D eigenvalue weighted by molar-refractivity contribution is -0.134. The molecule has 1 atom stereocenters. The van der Waals surface area contributed by atoms with E-state index < -0.39 is 17.8 Å². The summed E-state index contributed by atoms with van der Waals surface area (Å²) in [6, 6.07) is 6.98. The van der Waals surface area contributed by atoms with E-state index in [0.29, 0.717) is 25.4 Å². The van der Waals surface area contributed by atoms with Crippen molar-refractivity contribution >= 4 is 17.6 Å². The van der Waals surface area contributed by atoms with Crippen LogP contribution in [0, 0.1) is 11.7 Å². The number of ether oxygens (including phenoxy) is 1. The molecule has 1 aromatic heterocycles. The summed E-state index contributed by atoms with van der Waals surface area (Å²) in [4.78, 5) is 40.8. The number of halogens is 1. The average Bonchev–Trinajstić information content (AvgIpc) is 3.54. The lowest BCUT2D eigenvalue weighted by Crippen LogP contribution is -2.54. The van der Waals surface area contributed by atoms with Crippen molar-refractivity contribution in [3.63, 3.8) is 0 Å². The quantitative estimate of drug-likeness (QED) is 0.423. The molecule has 2 aromatic rings. The zero-order valence-corrected chi connectivity index (χ0v) is 19.3. The summed E-state index contributed by atoms with van der Waals surface area (Å²) >= 11 is 0. The molecule has 0 radical (unpaired) electrons. The lowest BCUT2D eigenvalue weighted by atomic mass is 10.1. The Morgan fingerprint density at radius 2 is 1.94 bits per heavy atom. The van der Waals surface area contributed by atoms with E-state index in [1.54, 1.807) is 30.0 Å². The Bertz CT molecular complexity index is 1010. The maximum Gasteiger partial charge on any atom is 0.287 e. The van der Waals surface area contributed by atoms with Gasteiger partial charge in [-0.1, -0.05) is 0 Å². The molecule has 4 rings (SSSR count). The van der Waals surface area contributed by atoms with Crippen LogP contribution in [0.3, 0.4) is 0 Å². The van der Waals surface area contributed by atoms with Crippen LogP contribution in [0.15, 0.2) is 41.0 Å². The van der Waals surface area contributed by atoms with Crippen LogP contribution in [0.4, 0.5) is 4.39 Å². The van der Waals surface area contributed by atoms with Gasteiger partial charge in [0.2, 0.25) is 5.91 Å². The molecule has 0 spiro atoms. The zero-order chi connectivity index (χ0) is 24.1. The van der Waals surface area contributed by atoms with Gasteiger partial charge < -0.3 is 19.4 Å². The van der Waals surface area contributed by atoms with Crippen molar-refractivity contribution < 1.29 is 27.9 Å². The molecular weight excluding hydrogens is 441 g/mol. The highest BCUT2D eigenvalue weighted by Crippen LogP contribution is 2.33. The number of rotatable bonds is 10. The summed E-state index contributed by atoms with van der Waals surface area (Å²) in [5, 5.41) is 2.67. The number of carbonyl (C=O) groups is 3. The van der Waals surface area contributed by atoms with E-state index in [-0.39, 0.29) is 28.9 Å². The molecule has 1 saturated heterocycles. The first-order chi connectivity index (χ1) is 16.4. The van der Waals surface area contributed by atoms with E-state index in [2.05, 4.69) is 10.2 Å². The SMILES string of the molecule is C[C@@H](NC(=O)c1ccco1)C(=O)N1CCN(CCCOc2ccc(C(=O)C3CC3)c(F)c2)CC1. The Balaban J connectivity index is 1.13. The van der Waals surface area contributed by atoms with Gasteiger partial charge >= 0.3 is 0 Å². The third kappa shape index (κ3) is 6.02. The first-order valence-corrected chi connectivity index (χ1v) is 11.7. The van der Waals surface area contributed by atoms with Crippen molar-refractivity contribution in [3.05, 3.63) is 53.7 Å². The van der Waals surface area contributed by atoms with E-state index >= 15 is 0 Å². The van der Waals surface area contributed by atoms with E-state index in [9.17, 15) is 18.8 Å². The minimum Gasteiger partial charge on any atom is -0.493 e. The van der Waals surface area contributed by atoms with Crippen LogP contribution < -0.4 is 10.1 Å². The van der Waals surface area contributed by atoms with Crippen molar-refractivity contribution in [2.24, 2.45) is 5.92 Å². The smallest absolute Gasteiger partial charge is 0.287 e. The van der Waals surface area contributed by atoms with Crippen LogP contribution >= 0.6 is 0 Å². The van der Waals surface area contributed by atoms with Crippen LogP contribution in [0.2, 0.25) is 0 Å². The van der Waals surface area contributed by atoms with Crippen LogP contribution in [0.5, 0.6) is 5.75 Å². The topological polar surface area (TPSA) is 92.1 Å². The Labute approximate surface area is 198 Å². The molecule has 2 amide bonds. The van der Waals surface area contributed by atoms with Crippen molar-refractivity contribution in [2.45, 2.75) is 32.2 Å². The maximum atomic E-state index is 14.2. The minimum absolute atomic E-state index is 0.0132. The average molecular weight is 472 g/mol. The molecule has 8 nitrogen and oxygen atoms in total. The number of furan rings is 1. The second-order valence-corrected chi connectivity index (χ2v) is 8.82. The third-order valence-corrected chi connectivity index (χ3v) is 6.19. The zero-order valence-electron chi connectivity index (χ0n) is 19.3. The maximum absolute atomic E-state index is 14.2. The van der Waals surface area contributed by atoms with Crippen LogP contribution in [-0.2, 0) is 4.79 Å².